The van der Waals surface area contributed by atoms with Gasteiger partial charge in [-0.1, -0.05) is 18.5 Å². The second kappa shape index (κ2) is 9.44. The number of aryl methyl sites for hydroxylation is 1. The smallest absolute Gasteiger partial charge is 0.232 e. The van der Waals surface area contributed by atoms with E-state index in [4.69, 9.17) is 11.6 Å². The molecule has 0 aliphatic carbocycles. The number of hydrogen-bond acceptors (Lipinski definition) is 6. The minimum absolute atomic E-state index is 0.0606. The SMILES string of the molecule is CCCS(=O)(=O)Nc1ccc(F)c(C(=O)c2ccc3ncc(-c4ccc(C)nc4)nc3c2)c1Cl. The number of nitrogens with one attached hydrogen (secondary N) is 1. The molecule has 0 bridgehead atoms. The quantitative estimate of drug-likeness (QED) is 0.352. The topological polar surface area (TPSA) is 102 Å². The average Bonchev–Trinajstić information content (AvgIpc) is 2.80. The molecule has 0 fully saturated rings. The molecule has 2 heterocycles. The van der Waals surface area contributed by atoms with Crippen LogP contribution in [0.1, 0.15) is 35.0 Å². The molecule has 4 rings (SSSR count). The lowest BCUT2D eigenvalue weighted by Crippen LogP contribution is -2.17. The van der Waals surface area contributed by atoms with Crippen LogP contribution >= 0.6 is 11.6 Å². The predicted octanol–water partition coefficient (Wildman–Crippen LogP) is 5.18. The predicted molar refractivity (Wildman–Crippen MR) is 130 cm³/mol. The van der Waals surface area contributed by atoms with Crippen molar-refractivity contribution >= 4 is 44.1 Å². The van der Waals surface area contributed by atoms with Crippen LogP contribution in [0, 0.1) is 12.7 Å². The van der Waals surface area contributed by atoms with E-state index in [2.05, 4.69) is 19.7 Å². The number of benzene rings is 2. The summed E-state index contributed by atoms with van der Waals surface area (Å²) in [5.41, 5.74) is 2.82. The van der Waals surface area contributed by atoms with E-state index in [1.807, 2.05) is 19.1 Å². The van der Waals surface area contributed by atoms with Crippen molar-refractivity contribution in [1.29, 1.82) is 0 Å². The molecule has 174 valence electrons. The van der Waals surface area contributed by atoms with Gasteiger partial charge in [0.1, 0.15) is 5.82 Å². The Balaban J connectivity index is 1.73. The van der Waals surface area contributed by atoms with Gasteiger partial charge in [0, 0.05) is 23.0 Å². The standard InChI is InChI=1S/C24H20ClFN4O3S/c1-3-10-34(32,33)30-19-9-7-17(26)22(23(19)25)24(31)15-6-8-18-20(11-15)29-21(13-28-18)16-5-4-14(2)27-12-16/h4-9,11-13,30H,3,10H2,1-2H3. The maximum absolute atomic E-state index is 14.7. The van der Waals surface area contributed by atoms with Gasteiger partial charge in [-0.05, 0) is 55.8 Å². The van der Waals surface area contributed by atoms with E-state index in [1.54, 1.807) is 25.4 Å². The fourth-order valence-electron chi connectivity index (χ4n) is 3.38. The first kappa shape index (κ1) is 23.7. The minimum atomic E-state index is -3.68. The van der Waals surface area contributed by atoms with Crippen LogP contribution in [0.25, 0.3) is 22.3 Å². The first-order valence-electron chi connectivity index (χ1n) is 10.4. The Morgan fingerprint density at radius 3 is 2.56 bits per heavy atom. The van der Waals surface area contributed by atoms with E-state index in [9.17, 15) is 17.6 Å². The summed E-state index contributed by atoms with van der Waals surface area (Å²) in [7, 11) is -3.68. The van der Waals surface area contributed by atoms with E-state index in [0.717, 1.165) is 17.3 Å². The fraction of sp³-hybridized carbons (Fsp3) is 0.167. The molecule has 1 N–H and O–H groups in total. The monoisotopic (exact) mass is 498 g/mol. The van der Waals surface area contributed by atoms with Crippen molar-refractivity contribution in [1.82, 2.24) is 15.0 Å². The van der Waals surface area contributed by atoms with Crippen molar-refractivity contribution in [2.45, 2.75) is 20.3 Å². The highest BCUT2D eigenvalue weighted by Gasteiger charge is 2.23. The van der Waals surface area contributed by atoms with Crippen LogP contribution in [0.4, 0.5) is 10.1 Å². The summed E-state index contributed by atoms with van der Waals surface area (Å²) in [5.74, 6) is -1.70. The largest absolute Gasteiger partial charge is 0.288 e. The third kappa shape index (κ3) is 4.90. The van der Waals surface area contributed by atoms with E-state index in [-0.39, 0.29) is 22.0 Å². The summed E-state index contributed by atoms with van der Waals surface area (Å²) < 4.78 is 41.2. The number of ketones is 1. The van der Waals surface area contributed by atoms with Crippen LogP contribution in [0.5, 0.6) is 0 Å². The van der Waals surface area contributed by atoms with Gasteiger partial charge in [0.25, 0.3) is 0 Å². The third-order valence-corrected chi connectivity index (χ3v) is 6.94. The Morgan fingerprint density at radius 2 is 1.85 bits per heavy atom. The number of hydrogen-bond donors (Lipinski definition) is 1. The molecular weight excluding hydrogens is 479 g/mol. The van der Waals surface area contributed by atoms with E-state index >= 15 is 0 Å². The number of carbonyl (C=O) groups is 1. The van der Waals surface area contributed by atoms with Gasteiger partial charge >= 0.3 is 0 Å². The van der Waals surface area contributed by atoms with E-state index in [1.165, 1.54) is 18.2 Å². The van der Waals surface area contributed by atoms with Gasteiger partial charge in [0.2, 0.25) is 10.0 Å². The van der Waals surface area contributed by atoms with Crippen molar-refractivity contribution in [3.8, 4) is 11.3 Å². The van der Waals surface area contributed by atoms with Crippen LogP contribution in [0.3, 0.4) is 0 Å². The zero-order valence-corrected chi connectivity index (χ0v) is 19.9. The normalized spacial score (nSPS) is 11.5. The molecular formula is C24H20ClFN4O3S. The van der Waals surface area contributed by atoms with Gasteiger partial charge in [0.15, 0.2) is 5.78 Å². The first-order chi connectivity index (χ1) is 16.2. The molecule has 0 saturated carbocycles. The Hall–Kier alpha value is -3.43. The van der Waals surface area contributed by atoms with Crippen LogP contribution < -0.4 is 4.72 Å². The first-order valence-corrected chi connectivity index (χ1v) is 12.4. The maximum Gasteiger partial charge on any atom is 0.232 e. The molecule has 0 radical (unpaired) electrons. The molecule has 2 aromatic heterocycles. The summed E-state index contributed by atoms with van der Waals surface area (Å²) in [6.45, 7) is 3.59. The molecule has 0 aliphatic rings. The van der Waals surface area contributed by atoms with Crippen molar-refractivity contribution in [3.63, 3.8) is 0 Å². The maximum atomic E-state index is 14.7. The van der Waals surface area contributed by atoms with Gasteiger partial charge in [0.05, 0.1) is 45.0 Å². The number of rotatable bonds is 7. The van der Waals surface area contributed by atoms with Gasteiger partial charge in [-0.15, -0.1) is 0 Å². The number of fused-ring (bicyclic) bond motifs is 1. The lowest BCUT2D eigenvalue weighted by Gasteiger charge is -2.13. The molecule has 2 aromatic carbocycles. The number of halogens is 2. The van der Waals surface area contributed by atoms with Crippen LogP contribution in [-0.4, -0.2) is 34.9 Å². The van der Waals surface area contributed by atoms with Gasteiger partial charge < -0.3 is 0 Å². The lowest BCUT2D eigenvalue weighted by molar-refractivity contribution is 0.103. The Kier molecular flexibility index (Phi) is 6.58. The number of nitrogens with zero attached hydrogens (tertiary/aromatic N) is 3. The van der Waals surface area contributed by atoms with Gasteiger partial charge in [-0.2, -0.15) is 0 Å². The minimum Gasteiger partial charge on any atom is -0.288 e. The van der Waals surface area contributed by atoms with Crippen LogP contribution in [0.15, 0.2) is 54.9 Å². The molecule has 0 spiro atoms. The highest BCUT2D eigenvalue weighted by molar-refractivity contribution is 7.92. The Labute approximate surface area is 201 Å². The van der Waals surface area contributed by atoms with Crippen molar-refractivity contribution < 1.29 is 17.6 Å². The Morgan fingerprint density at radius 1 is 1.06 bits per heavy atom. The van der Waals surface area contributed by atoms with E-state index in [0.29, 0.717) is 23.1 Å². The molecule has 0 unspecified atom stereocenters. The van der Waals surface area contributed by atoms with Crippen molar-refractivity contribution in [2.75, 3.05) is 10.5 Å². The second-order valence-corrected chi connectivity index (χ2v) is 9.90. The highest BCUT2D eigenvalue weighted by atomic mass is 35.5. The zero-order valence-electron chi connectivity index (χ0n) is 18.3. The van der Waals surface area contributed by atoms with Crippen molar-refractivity contribution in [3.05, 3.63) is 82.5 Å². The highest BCUT2D eigenvalue weighted by Crippen LogP contribution is 2.31. The number of carbonyl (C=O) groups excluding carboxylic acids is 1. The number of aromatic nitrogens is 3. The van der Waals surface area contributed by atoms with E-state index < -0.39 is 27.2 Å². The molecule has 0 saturated heterocycles. The number of pyridine rings is 1. The van der Waals surface area contributed by atoms with Gasteiger partial charge in [-0.3, -0.25) is 19.5 Å². The van der Waals surface area contributed by atoms with Crippen LogP contribution in [-0.2, 0) is 10.0 Å². The molecule has 0 aliphatic heterocycles. The molecule has 7 nitrogen and oxygen atoms in total. The van der Waals surface area contributed by atoms with Crippen LogP contribution in [0.2, 0.25) is 5.02 Å². The summed E-state index contributed by atoms with van der Waals surface area (Å²) in [6.07, 6.45) is 3.68. The summed E-state index contributed by atoms with van der Waals surface area (Å²) in [5, 5.41) is -0.310. The fourth-order valence-corrected chi connectivity index (χ4v) is 4.87. The second-order valence-electron chi connectivity index (χ2n) is 7.68. The molecule has 0 amide bonds. The van der Waals surface area contributed by atoms with Crippen molar-refractivity contribution in [2.24, 2.45) is 0 Å². The molecule has 34 heavy (non-hydrogen) atoms. The molecule has 10 heteroatoms. The van der Waals surface area contributed by atoms with Gasteiger partial charge in [-0.25, -0.2) is 17.8 Å². The molecule has 0 atom stereocenters. The average molecular weight is 499 g/mol. The summed E-state index contributed by atoms with van der Waals surface area (Å²) >= 11 is 6.28. The third-order valence-electron chi connectivity index (χ3n) is 5.07. The number of anilines is 1. The summed E-state index contributed by atoms with van der Waals surface area (Å²) in [6, 6.07) is 10.5. The lowest BCUT2D eigenvalue weighted by atomic mass is 10.0. The summed E-state index contributed by atoms with van der Waals surface area (Å²) in [4.78, 5) is 26.4. The zero-order chi connectivity index (χ0) is 24.5. The molecule has 4 aromatic rings. The number of sulfonamides is 1. The Bertz CT molecular complexity index is 1510.